The van der Waals surface area contributed by atoms with Crippen LogP contribution in [0.15, 0.2) is 0 Å². The summed E-state index contributed by atoms with van der Waals surface area (Å²) in [5.74, 6) is 0. The van der Waals surface area contributed by atoms with Crippen molar-refractivity contribution in [1.82, 2.24) is 0 Å². The number of hydrogen-bond donors (Lipinski definition) is 19. The van der Waals surface area contributed by atoms with E-state index >= 15 is 0 Å². The van der Waals surface area contributed by atoms with Crippen molar-refractivity contribution in [2.24, 2.45) is 0 Å². The van der Waals surface area contributed by atoms with Gasteiger partial charge in [0, 0.05) is 0 Å². The molecule has 0 aromatic heterocycles. The molecular formula is C39H68O31. The maximum atomic E-state index is 11.1. The van der Waals surface area contributed by atoms with E-state index < -0.39 is 237 Å². The molecule has 6 fully saturated rings. The van der Waals surface area contributed by atoms with Crippen LogP contribution in [0.3, 0.4) is 0 Å². The van der Waals surface area contributed by atoms with Crippen LogP contribution in [0.1, 0.15) is 6.92 Å². The van der Waals surface area contributed by atoms with Crippen molar-refractivity contribution in [3.63, 3.8) is 0 Å². The lowest BCUT2D eigenvalue weighted by Crippen LogP contribution is -2.66. The Hall–Kier alpha value is -1.24. The third-order valence-corrected chi connectivity index (χ3v) is 13.1. The molecule has 0 bridgehead atoms. The fraction of sp³-hybridized carbons (Fsp3) is 1.00. The molecule has 0 spiro atoms. The Balaban J connectivity index is 0.989. The van der Waals surface area contributed by atoms with Crippen LogP contribution in [-0.4, -0.2) is 334 Å². The fourth-order valence-corrected chi connectivity index (χ4v) is 8.98. The Bertz CT molecular complexity index is 1550. The highest BCUT2D eigenvalue weighted by atomic mass is 16.8. The molecule has 0 aromatic rings. The summed E-state index contributed by atoms with van der Waals surface area (Å²) in [6, 6.07) is 0. The third kappa shape index (κ3) is 12.2. The maximum absolute atomic E-state index is 11.1. The van der Waals surface area contributed by atoms with E-state index in [1.807, 2.05) is 0 Å². The molecule has 13 unspecified atom stereocenters. The van der Waals surface area contributed by atoms with Gasteiger partial charge in [0.05, 0.1) is 59.0 Å². The first kappa shape index (κ1) is 58.0. The van der Waals surface area contributed by atoms with Gasteiger partial charge >= 0.3 is 0 Å². The molecular weight excluding hydrogens is 964 g/mol. The third-order valence-electron chi connectivity index (χ3n) is 13.1. The SMILES string of the molecule is C[C@H]1OC(CO)[C@H](O[C@@H]2OC(CO)[C@H](O[C@@H]3OC(CO)[C@H](OCCOC4OC(CO)[C@H](O[C@@H]5OC(CO)[C@H](O[C@@H]6OC(CO)[C@@H](O)[C@@H](O)C6O)[C@@H](O)C5O)[C@@H](O)C4O)[C@@H](O)C3O)[C@@H](O)C2O)[C@@H](O)C1O. The van der Waals surface area contributed by atoms with E-state index in [2.05, 4.69) is 0 Å². The van der Waals surface area contributed by atoms with Gasteiger partial charge in [0.2, 0.25) is 0 Å². The lowest BCUT2D eigenvalue weighted by atomic mass is 9.94. The minimum absolute atomic E-state index is 0.482. The lowest BCUT2D eigenvalue weighted by molar-refractivity contribution is -0.380. The van der Waals surface area contributed by atoms with E-state index in [9.17, 15) is 97.0 Å². The number of rotatable bonds is 19. The zero-order valence-corrected chi connectivity index (χ0v) is 37.4. The highest BCUT2D eigenvalue weighted by Crippen LogP contribution is 2.35. The highest BCUT2D eigenvalue weighted by Gasteiger charge is 2.56. The molecule has 0 amide bonds. The van der Waals surface area contributed by atoms with Gasteiger partial charge in [0.1, 0.15) is 146 Å². The highest BCUT2D eigenvalue weighted by molar-refractivity contribution is 4.99. The minimum atomic E-state index is -2.05. The van der Waals surface area contributed by atoms with Gasteiger partial charge < -0.3 is 154 Å². The number of hydrogen-bond acceptors (Lipinski definition) is 31. The average molecular weight is 1030 g/mol. The molecule has 0 radical (unpaired) electrons. The van der Waals surface area contributed by atoms with Gasteiger partial charge in [-0.15, -0.1) is 0 Å². The zero-order valence-electron chi connectivity index (χ0n) is 37.4. The average Bonchev–Trinajstić information content (AvgIpc) is 3.35. The summed E-state index contributed by atoms with van der Waals surface area (Å²) in [6.45, 7) is -4.60. The van der Waals surface area contributed by atoms with Crippen molar-refractivity contribution in [3.8, 4) is 0 Å². The van der Waals surface area contributed by atoms with E-state index in [4.69, 9.17) is 56.8 Å². The molecule has 31 heteroatoms. The zero-order chi connectivity index (χ0) is 51.5. The van der Waals surface area contributed by atoms with Crippen molar-refractivity contribution >= 4 is 0 Å². The Kier molecular flexibility index (Phi) is 21.2. The number of aliphatic hydroxyl groups is 19. The second-order valence-corrected chi connectivity index (χ2v) is 17.7. The van der Waals surface area contributed by atoms with E-state index in [0.29, 0.717) is 0 Å². The van der Waals surface area contributed by atoms with Crippen LogP contribution in [-0.2, 0) is 56.8 Å². The molecule has 6 heterocycles. The van der Waals surface area contributed by atoms with Gasteiger partial charge in [0.15, 0.2) is 31.5 Å². The molecule has 6 aliphatic heterocycles. The van der Waals surface area contributed by atoms with Crippen molar-refractivity contribution in [2.75, 3.05) is 52.9 Å². The van der Waals surface area contributed by atoms with Crippen LogP contribution in [0.2, 0.25) is 0 Å². The summed E-state index contributed by atoms with van der Waals surface area (Å²) < 4.78 is 66.7. The Morgan fingerprint density at radius 3 is 0.929 bits per heavy atom. The number of ether oxygens (including phenoxy) is 12. The summed E-state index contributed by atoms with van der Waals surface area (Å²) in [5, 5.41) is 199. The van der Waals surface area contributed by atoms with Crippen LogP contribution in [0.25, 0.3) is 0 Å². The summed E-state index contributed by atoms with van der Waals surface area (Å²) in [5.41, 5.74) is 0. The smallest absolute Gasteiger partial charge is 0.187 e. The first-order valence-electron chi connectivity index (χ1n) is 22.5. The first-order chi connectivity index (χ1) is 33.3. The van der Waals surface area contributed by atoms with Gasteiger partial charge in [-0.25, -0.2) is 0 Å². The molecule has 0 aliphatic carbocycles. The summed E-state index contributed by atoms with van der Waals surface area (Å²) in [4.78, 5) is 0. The van der Waals surface area contributed by atoms with E-state index in [1.54, 1.807) is 0 Å². The van der Waals surface area contributed by atoms with Gasteiger partial charge in [-0.3, -0.25) is 0 Å². The molecule has 30 atom stereocenters. The molecule has 0 aromatic carbocycles. The molecule has 0 saturated carbocycles. The first-order valence-corrected chi connectivity index (χ1v) is 22.5. The molecule has 6 saturated heterocycles. The molecule has 410 valence electrons. The van der Waals surface area contributed by atoms with Crippen LogP contribution >= 0.6 is 0 Å². The Morgan fingerprint density at radius 1 is 0.271 bits per heavy atom. The number of aliphatic hydroxyl groups excluding tert-OH is 19. The molecule has 31 nitrogen and oxygen atoms in total. The second kappa shape index (κ2) is 25.5. The predicted molar refractivity (Wildman–Crippen MR) is 213 cm³/mol. The second-order valence-electron chi connectivity index (χ2n) is 17.7. The molecule has 6 aliphatic rings. The quantitative estimate of drug-likeness (QED) is 0.0534. The molecule has 19 N–H and O–H groups in total. The summed E-state index contributed by atoms with van der Waals surface area (Å²) >= 11 is 0. The summed E-state index contributed by atoms with van der Waals surface area (Å²) in [6.07, 6.45) is -51.2. The van der Waals surface area contributed by atoms with Crippen LogP contribution in [0, 0.1) is 0 Å². The predicted octanol–water partition coefficient (Wildman–Crippen LogP) is -13.0. The Labute approximate surface area is 397 Å². The maximum Gasteiger partial charge on any atom is 0.187 e. The van der Waals surface area contributed by atoms with Crippen molar-refractivity contribution in [3.05, 3.63) is 0 Å². The topological polar surface area (TPSA) is 495 Å². The fourth-order valence-electron chi connectivity index (χ4n) is 8.98. The van der Waals surface area contributed by atoms with Crippen molar-refractivity contribution in [1.29, 1.82) is 0 Å². The minimum Gasteiger partial charge on any atom is -0.394 e. The van der Waals surface area contributed by atoms with Gasteiger partial charge in [-0.2, -0.15) is 0 Å². The molecule has 6 rings (SSSR count). The largest absolute Gasteiger partial charge is 0.394 e. The normalized spacial score (nSPS) is 51.6. The van der Waals surface area contributed by atoms with Gasteiger partial charge in [0.25, 0.3) is 0 Å². The van der Waals surface area contributed by atoms with Crippen LogP contribution < -0.4 is 0 Å². The lowest BCUT2D eigenvalue weighted by Gasteiger charge is -2.48. The Morgan fingerprint density at radius 2 is 0.543 bits per heavy atom. The summed E-state index contributed by atoms with van der Waals surface area (Å²) in [7, 11) is 0. The van der Waals surface area contributed by atoms with E-state index in [1.165, 1.54) is 6.92 Å². The standard InChI is InChI=1S/C39H68O31/c1-10-17(46)20(49)31(13(6-42)61-10)67-38-28(57)24(53)34(16(9-45)65-38)70-37-27(56)21(50)30(12(5-41)64-37)59-2-3-60-35-26(55)22(51)32(14(7-43)63-35)69-39-29(58)23(52)33(15(8-44)66-39)68-36-25(54)19(48)18(47)11(4-40)62-36/h10-58H,2-9H2,1H3/t10-,11?,12?,13?,14?,15?,16?,17?,18-,19-,20+,21+,22+,23+,24+,25?,26?,27?,28?,29?,30+,31+,32+,33+,34+,35?,36+,37+,38+,39+/m1/s1. The van der Waals surface area contributed by atoms with Gasteiger partial charge in [-0.05, 0) is 6.92 Å². The van der Waals surface area contributed by atoms with E-state index in [0.717, 1.165) is 0 Å². The van der Waals surface area contributed by atoms with E-state index in [-0.39, 0.29) is 0 Å². The van der Waals surface area contributed by atoms with Crippen molar-refractivity contribution in [2.45, 2.75) is 191 Å². The van der Waals surface area contributed by atoms with Crippen LogP contribution in [0.4, 0.5) is 0 Å². The monoisotopic (exact) mass is 1030 g/mol. The van der Waals surface area contributed by atoms with Crippen molar-refractivity contribution < 1.29 is 154 Å². The molecule has 70 heavy (non-hydrogen) atoms. The van der Waals surface area contributed by atoms with Gasteiger partial charge in [-0.1, -0.05) is 0 Å². The van der Waals surface area contributed by atoms with Crippen LogP contribution in [0.5, 0.6) is 0 Å².